The number of fused-ring (bicyclic) bond motifs is 3. The number of ether oxygens (including phenoxy) is 1. The first-order valence-electron chi connectivity index (χ1n) is 8.30. The third-order valence-electron chi connectivity index (χ3n) is 4.85. The molecular weight excluding hydrogens is 395 g/mol. The molecule has 0 bridgehead atoms. The molecule has 26 heavy (non-hydrogen) atoms. The van der Waals surface area contributed by atoms with Crippen LogP contribution in [0.25, 0.3) is 11.0 Å². The fraction of sp³-hybridized carbons (Fsp3) is 0.250. The van der Waals surface area contributed by atoms with Crippen molar-refractivity contribution in [2.45, 2.75) is 32.8 Å². The maximum Gasteiger partial charge on any atom is 0.339 e. The number of rotatable bonds is 3. The molecule has 0 saturated carbocycles. The summed E-state index contributed by atoms with van der Waals surface area (Å²) in [7, 11) is 0. The zero-order valence-electron chi connectivity index (χ0n) is 14.0. The predicted octanol–water partition coefficient (Wildman–Crippen LogP) is 6.13. The molecule has 1 aliphatic rings. The minimum atomic E-state index is -0.244. The van der Waals surface area contributed by atoms with Gasteiger partial charge in [0.15, 0.2) is 0 Å². The summed E-state index contributed by atoms with van der Waals surface area (Å²) in [5.74, 6) is 0.616. The molecular formula is C20H15Cl3O3. The van der Waals surface area contributed by atoms with Crippen LogP contribution >= 0.6 is 34.8 Å². The quantitative estimate of drug-likeness (QED) is 0.386. The second kappa shape index (κ2) is 6.80. The Morgan fingerprint density at radius 3 is 2.58 bits per heavy atom. The average Bonchev–Trinajstić information content (AvgIpc) is 3.11. The van der Waals surface area contributed by atoms with E-state index in [1.807, 2.05) is 19.1 Å². The third kappa shape index (κ3) is 2.88. The largest absolute Gasteiger partial charge is 0.488 e. The summed E-state index contributed by atoms with van der Waals surface area (Å²) in [6, 6.07) is 7.17. The van der Waals surface area contributed by atoms with E-state index < -0.39 is 0 Å². The van der Waals surface area contributed by atoms with Crippen LogP contribution in [0.1, 0.15) is 28.7 Å². The molecule has 1 aromatic heterocycles. The van der Waals surface area contributed by atoms with Crippen LogP contribution in [0.5, 0.6) is 5.75 Å². The summed E-state index contributed by atoms with van der Waals surface area (Å²) in [4.78, 5) is 12.2. The molecule has 0 fully saturated rings. The summed E-state index contributed by atoms with van der Waals surface area (Å²) >= 11 is 18.5. The molecule has 0 aliphatic heterocycles. The first kappa shape index (κ1) is 17.7. The molecule has 1 aliphatic carbocycles. The molecule has 3 nitrogen and oxygen atoms in total. The van der Waals surface area contributed by atoms with E-state index in [0.29, 0.717) is 32.0 Å². The number of hydrogen-bond acceptors (Lipinski definition) is 3. The van der Waals surface area contributed by atoms with Crippen molar-refractivity contribution in [1.29, 1.82) is 0 Å². The standard InChI is InChI=1S/C20H15Cl3O3/c1-10-17(25-9-14-15(21)6-7-16(22)18(14)23)8-5-12-11-3-2-4-13(11)20(24)26-19(10)12/h5-8H,2-4,9H2,1H3. The Bertz CT molecular complexity index is 1090. The van der Waals surface area contributed by atoms with E-state index in [1.165, 1.54) is 0 Å². The average molecular weight is 410 g/mol. The smallest absolute Gasteiger partial charge is 0.339 e. The van der Waals surface area contributed by atoms with Crippen molar-refractivity contribution >= 4 is 45.8 Å². The summed E-state index contributed by atoms with van der Waals surface area (Å²) in [6.45, 7) is 2.04. The third-order valence-corrected chi connectivity index (χ3v) is 6.05. The molecule has 2 aromatic carbocycles. The minimum Gasteiger partial charge on any atom is -0.488 e. The van der Waals surface area contributed by atoms with Gasteiger partial charge in [0.2, 0.25) is 0 Å². The zero-order valence-corrected chi connectivity index (χ0v) is 16.3. The fourth-order valence-electron chi connectivity index (χ4n) is 3.47. The SMILES string of the molecule is Cc1c(OCc2c(Cl)ccc(Cl)c2Cl)ccc2c3c(c(=O)oc12)CCC3. The van der Waals surface area contributed by atoms with E-state index in [1.54, 1.807) is 12.1 Å². The minimum absolute atomic E-state index is 0.166. The molecule has 134 valence electrons. The molecule has 4 rings (SSSR count). The van der Waals surface area contributed by atoms with Crippen molar-refractivity contribution in [3.05, 3.63) is 72.0 Å². The van der Waals surface area contributed by atoms with E-state index in [2.05, 4.69) is 0 Å². The Balaban J connectivity index is 1.73. The molecule has 0 saturated heterocycles. The van der Waals surface area contributed by atoms with Gasteiger partial charge in [0, 0.05) is 27.1 Å². The van der Waals surface area contributed by atoms with Gasteiger partial charge in [-0.3, -0.25) is 0 Å². The molecule has 0 unspecified atom stereocenters. The topological polar surface area (TPSA) is 39.4 Å². The lowest BCUT2D eigenvalue weighted by molar-refractivity contribution is 0.304. The highest BCUT2D eigenvalue weighted by molar-refractivity contribution is 6.44. The van der Waals surface area contributed by atoms with Crippen LogP contribution in [-0.4, -0.2) is 0 Å². The van der Waals surface area contributed by atoms with Gasteiger partial charge in [-0.05, 0) is 56.0 Å². The Morgan fingerprint density at radius 2 is 1.77 bits per heavy atom. The predicted molar refractivity (Wildman–Crippen MR) is 105 cm³/mol. The molecule has 1 heterocycles. The van der Waals surface area contributed by atoms with Crippen molar-refractivity contribution in [2.24, 2.45) is 0 Å². The van der Waals surface area contributed by atoms with Crippen LogP contribution in [0, 0.1) is 6.92 Å². The van der Waals surface area contributed by atoms with Gasteiger partial charge in [0.1, 0.15) is 17.9 Å². The number of halogens is 3. The molecule has 0 N–H and O–H groups in total. The van der Waals surface area contributed by atoms with Gasteiger partial charge in [-0.25, -0.2) is 4.79 Å². The zero-order chi connectivity index (χ0) is 18.4. The second-order valence-corrected chi connectivity index (χ2v) is 7.57. The van der Waals surface area contributed by atoms with Gasteiger partial charge < -0.3 is 9.15 Å². The van der Waals surface area contributed by atoms with Crippen molar-refractivity contribution in [3.63, 3.8) is 0 Å². The first-order valence-corrected chi connectivity index (χ1v) is 9.44. The Labute approximate surface area is 165 Å². The number of aryl methyl sites for hydroxylation is 2. The summed E-state index contributed by atoms with van der Waals surface area (Å²) in [6.07, 6.45) is 2.68. The summed E-state index contributed by atoms with van der Waals surface area (Å²) in [5, 5.41) is 2.27. The van der Waals surface area contributed by atoms with Crippen molar-refractivity contribution in [3.8, 4) is 5.75 Å². The van der Waals surface area contributed by atoms with Gasteiger partial charge >= 0.3 is 5.63 Å². The van der Waals surface area contributed by atoms with Crippen LogP contribution in [-0.2, 0) is 19.4 Å². The first-order chi connectivity index (χ1) is 12.5. The number of hydrogen-bond donors (Lipinski definition) is 0. The Morgan fingerprint density at radius 1 is 1.04 bits per heavy atom. The lowest BCUT2D eigenvalue weighted by Gasteiger charge is -2.14. The monoisotopic (exact) mass is 408 g/mol. The van der Waals surface area contributed by atoms with Crippen LogP contribution in [0.2, 0.25) is 15.1 Å². The van der Waals surface area contributed by atoms with E-state index in [9.17, 15) is 4.79 Å². The maximum absolute atomic E-state index is 12.2. The molecule has 6 heteroatoms. The fourth-order valence-corrected chi connectivity index (χ4v) is 4.13. The second-order valence-electron chi connectivity index (χ2n) is 6.38. The molecule has 0 amide bonds. The van der Waals surface area contributed by atoms with Crippen molar-refractivity contribution in [1.82, 2.24) is 0 Å². The van der Waals surface area contributed by atoms with Crippen molar-refractivity contribution < 1.29 is 9.15 Å². The maximum atomic E-state index is 12.2. The van der Waals surface area contributed by atoms with Crippen LogP contribution in [0.4, 0.5) is 0 Å². The molecule has 3 aromatic rings. The molecule has 0 radical (unpaired) electrons. The van der Waals surface area contributed by atoms with Gasteiger partial charge in [-0.1, -0.05) is 34.8 Å². The highest BCUT2D eigenvalue weighted by Gasteiger charge is 2.21. The lowest BCUT2D eigenvalue weighted by Crippen LogP contribution is -2.08. The van der Waals surface area contributed by atoms with E-state index in [-0.39, 0.29) is 12.2 Å². The van der Waals surface area contributed by atoms with Crippen LogP contribution in [0.3, 0.4) is 0 Å². The highest BCUT2D eigenvalue weighted by atomic mass is 35.5. The van der Waals surface area contributed by atoms with E-state index in [4.69, 9.17) is 44.0 Å². The van der Waals surface area contributed by atoms with Crippen LogP contribution < -0.4 is 10.4 Å². The number of benzene rings is 2. The van der Waals surface area contributed by atoms with Crippen LogP contribution in [0.15, 0.2) is 33.5 Å². The summed E-state index contributed by atoms with van der Waals surface area (Å²) < 4.78 is 11.5. The molecule has 0 spiro atoms. The van der Waals surface area contributed by atoms with Crippen molar-refractivity contribution in [2.75, 3.05) is 0 Å². The highest BCUT2D eigenvalue weighted by Crippen LogP contribution is 2.35. The van der Waals surface area contributed by atoms with Gasteiger partial charge in [0.05, 0.1) is 10.0 Å². The van der Waals surface area contributed by atoms with E-state index >= 15 is 0 Å². The normalized spacial score (nSPS) is 13.2. The van der Waals surface area contributed by atoms with Gasteiger partial charge in [-0.15, -0.1) is 0 Å². The lowest BCUT2D eigenvalue weighted by atomic mass is 10.0. The van der Waals surface area contributed by atoms with E-state index in [0.717, 1.165) is 41.3 Å². The van der Waals surface area contributed by atoms with Gasteiger partial charge in [0.25, 0.3) is 0 Å². The summed E-state index contributed by atoms with van der Waals surface area (Å²) in [5.41, 5.74) is 3.65. The molecule has 0 atom stereocenters. The Kier molecular flexibility index (Phi) is 4.64. The van der Waals surface area contributed by atoms with Gasteiger partial charge in [-0.2, -0.15) is 0 Å². The Hall–Kier alpha value is -1.68.